The van der Waals surface area contributed by atoms with Crippen LogP contribution in [-0.4, -0.2) is 36.5 Å². The average molecular weight is 335 g/mol. The Labute approximate surface area is 142 Å². The number of piperidine rings is 1. The van der Waals surface area contributed by atoms with E-state index in [9.17, 15) is 4.79 Å². The predicted molar refractivity (Wildman–Crippen MR) is 93.1 cm³/mol. The Bertz CT molecular complexity index is 672. The molecule has 1 aliphatic heterocycles. The van der Waals surface area contributed by atoms with Gasteiger partial charge in [0.25, 0.3) is 5.91 Å². The van der Waals surface area contributed by atoms with E-state index in [1.807, 2.05) is 29.2 Å². The molecule has 1 saturated heterocycles. The molecule has 124 valence electrons. The number of amides is 1. The van der Waals surface area contributed by atoms with Gasteiger partial charge in [-0.1, -0.05) is 18.2 Å². The van der Waals surface area contributed by atoms with Crippen molar-refractivity contribution in [3.05, 3.63) is 36.1 Å². The Morgan fingerprint density at radius 2 is 1.91 bits per heavy atom. The van der Waals surface area contributed by atoms with Crippen molar-refractivity contribution in [2.24, 2.45) is 5.92 Å². The normalized spacial score (nSPS) is 18.9. The number of furan rings is 1. The molecule has 2 aliphatic rings. The fourth-order valence-corrected chi connectivity index (χ4v) is 3.26. The maximum absolute atomic E-state index is 12.7. The Balaban J connectivity index is 0.00000156. The standard InChI is InChI=1S/C18H22N2O2.ClH/c21-18(16-12-22-17-4-2-1-3-15(16)17)20-9-7-14(8-10-20)19-11-13-5-6-13;/h1-4,12-14,19H,5-11H2;1H. The molecule has 2 heterocycles. The van der Waals surface area contributed by atoms with Gasteiger partial charge in [0.2, 0.25) is 0 Å². The number of para-hydroxylation sites is 1. The number of fused-ring (bicyclic) bond motifs is 1. The van der Waals surface area contributed by atoms with Gasteiger partial charge >= 0.3 is 0 Å². The van der Waals surface area contributed by atoms with Crippen LogP contribution >= 0.6 is 12.4 Å². The molecule has 23 heavy (non-hydrogen) atoms. The zero-order valence-corrected chi connectivity index (χ0v) is 14.0. The summed E-state index contributed by atoms with van der Waals surface area (Å²) < 4.78 is 5.49. The minimum Gasteiger partial charge on any atom is -0.463 e. The Morgan fingerprint density at radius 3 is 2.65 bits per heavy atom. The van der Waals surface area contributed by atoms with Crippen molar-refractivity contribution >= 4 is 29.3 Å². The number of carbonyl (C=O) groups excluding carboxylic acids is 1. The molecule has 0 radical (unpaired) electrons. The molecule has 0 spiro atoms. The van der Waals surface area contributed by atoms with Crippen molar-refractivity contribution < 1.29 is 9.21 Å². The van der Waals surface area contributed by atoms with Crippen LogP contribution in [0.15, 0.2) is 34.9 Å². The van der Waals surface area contributed by atoms with Crippen LogP contribution in [0.1, 0.15) is 36.0 Å². The summed E-state index contributed by atoms with van der Waals surface area (Å²) in [5.74, 6) is 1.02. The summed E-state index contributed by atoms with van der Waals surface area (Å²) in [7, 11) is 0. The second-order valence-corrected chi connectivity index (χ2v) is 6.56. The fraction of sp³-hybridized carbons (Fsp3) is 0.500. The lowest BCUT2D eigenvalue weighted by molar-refractivity contribution is 0.0706. The van der Waals surface area contributed by atoms with E-state index in [0.29, 0.717) is 11.6 Å². The zero-order valence-electron chi connectivity index (χ0n) is 13.2. The van der Waals surface area contributed by atoms with Crippen molar-refractivity contribution in [3.63, 3.8) is 0 Å². The van der Waals surface area contributed by atoms with E-state index in [1.54, 1.807) is 6.26 Å². The number of halogens is 1. The van der Waals surface area contributed by atoms with Crippen LogP contribution in [0.25, 0.3) is 11.0 Å². The van der Waals surface area contributed by atoms with Gasteiger partial charge in [-0.15, -0.1) is 12.4 Å². The molecule has 0 atom stereocenters. The fourth-order valence-electron chi connectivity index (χ4n) is 3.26. The van der Waals surface area contributed by atoms with E-state index in [0.717, 1.165) is 49.4 Å². The highest BCUT2D eigenvalue weighted by Crippen LogP contribution is 2.28. The summed E-state index contributed by atoms with van der Waals surface area (Å²) in [5.41, 5.74) is 1.48. The number of hydrogen-bond donors (Lipinski definition) is 1. The Kier molecular flexibility index (Phi) is 4.93. The third kappa shape index (κ3) is 3.54. The van der Waals surface area contributed by atoms with Crippen LogP contribution in [-0.2, 0) is 0 Å². The minimum atomic E-state index is 0. The first-order chi connectivity index (χ1) is 10.8. The highest BCUT2D eigenvalue weighted by molar-refractivity contribution is 6.05. The van der Waals surface area contributed by atoms with E-state index in [2.05, 4.69) is 5.32 Å². The van der Waals surface area contributed by atoms with Crippen molar-refractivity contribution in [1.82, 2.24) is 10.2 Å². The molecule has 2 aromatic rings. The highest BCUT2D eigenvalue weighted by atomic mass is 35.5. The first kappa shape index (κ1) is 16.3. The van der Waals surface area contributed by atoms with E-state index in [4.69, 9.17) is 4.42 Å². The van der Waals surface area contributed by atoms with Crippen molar-refractivity contribution in [3.8, 4) is 0 Å². The average Bonchev–Trinajstić information content (AvgIpc) is 3.30. The van der Waals surface area contributed by atoms with Gasteiger partial charge in [-0.3, -0.25) is 4.79 Å². The smallest absolute Gasteiger partial charge is 0.257 e. The quantitative estimate of drug-likeness (QED) is 0.931. The van der Waals surface area contributed by atoms with Crippen LogP contribution in [0.3, 0.4) is 0 Å². The number of nitrogens with zero attached hydrogens (tertiary/aromatic N) is 1. The molecular formula is C18H23ClN2O2. The first-order valence-corrected chi connectivity index (χ1v) is 8.30. The largest absolute Gasteiger partial charge is 0.463 e. The number of likely N-dealkylation sites (tertiary alicyclic amines) is 1. The highest BCUT2D eigenvalue weighted by Gasteiger charge is 2.27. The van der Waals surface area contributed by atoms with Gasteiger partial charge in [-0.2, -0.15) is 0 Å². The summed E-state index contributed by atoms with van der Waals surface area (Å²) in [6.45, 7) is 2.83. The van der Waals surface area contributed by atoms with Crippen molar-refractivity contribution in [1.29, 1.82) is 0 Å². The van der Waals surface area contributed by atoms with Crippen molar-refractivity contribution in [2.75, 3.05) is 19.6 Å². The summed E-state index contributed by atoms with van der Waals surface area (Å²) in [6, 6.07) is 8.31. The van der Waals surface area contributed by atoms with Gasteiger partial charge in [-0.25, -0.2) is 0 Å². The van der Waals surface area contributed by atoms with Crippen LogP contribution in [0.5, 0.6) is 0 Å². The SMILES string of the molecule is Cl.O=C(c1coc2ccccc12)N1CCC(NCC2CC2)CC1. The number of carbonyl (C=O) groups is 1. The lowest BCUT2D eigenvalue weighted by Gasteiger charge is -2.32. The van der Waals surface area contributed by atoms with Crippen LogP contribution in [0.2, 0.25) is 0 Å². The molecule has 1 N–H and O–H groups in total. The second-order valence-electron chi connectivity index (χ2n) is 6.56. The Morgan fingerprint density at radius 1 is 1.17 bits per heavy atom. The molecule has 1 aromatic carbocycles. The number of hydrogen-bond acceptors (Lipinski definition) is 3. The first-order valence-electron chi connectivity index (χ1n) is 8.30. The zero-order chi connectivity index (χ0) is 14.9. The number of nitrogens with one attached hydrogen (secondary N) is 1. The lowest BCUT2D eigenvalue weighted by Crippen LogP contribution is -2.45. The van der Waals surface area contributed by atoms with E-state index < -0.39 is 0 Å². The molecule has 1 saturated carbocycles. The molecule has 4 nitrogen and oxygen atoms in total. The minimum absolute atomic E-state index is 0. The molecule has 1 amide bonds. The summed E-state index contributed by atoms with van der Waals surface area (Å²) in [4.78, 5) is 14.7. The second kappa shape index (κ2) is 6.93. The third-order valence-corrected chi connectivity index (χ3v) is 4.89. The van der Waals surface area contributed by atoms with Gasteiger partial charge in [0.15, 0.2) is 0 Å². The molecule has 2 fully saturated rings. The molecule has 4 rings (SSSR count). The van der Waals surface area contributed by atoms with Gasteiger partial charge in [-0.05, 0) is 44.2 Å². The molecule has 0 unspecified atom stereocenters. The van der Waals surface area contributed by atoms with Gasteiger partial charge in [0, 0.05) is 24.5 Å². The van der Waals surface area contributed by atoms with Crippen molar-refractivity contribution in [2.45, 2.75) is 31.7 Å². The molecule has 5 heteroatoms. The van der Waals surface area contributed by atoms with Gasteiger partial charge in [0.05, 0.1) is 5.56 Å². The van der Waals surface area contributed by atoms with Gasteiger partial charge < -0.3 is 14.6 Å². The number of rotatable bonds is 4. The van der Waals surface area contributed by atoms with Gasteiger partial charge in [0.1, 0.15) is 11.8 Å². The molecule has 0 bridgehead atoms. The molecular weight excluding hydrogens is 312 g/mol. The number of benzene rings is 1. The molecule has 1 aromatic heterocycles. The predicted octanol–water partition coefficient (Wildman–Crippen LogP) is 3.46. The van der Waals surface area contributed by atoms with Crippen LogP contribution < -0.4 is 5.32 Å². The van der Waals surface area contributed by atoms with Crippen LogP contribution in [0.4, 0.5) is 0 Å². The summed E-state index contributed by atoms with van der Waals surface area (Å²) >= 11 is 0. The molecule has 1 aliphatic carbocycles. The summed E-state index contributed by atoms with van der Waals surface area (Å²) in [5, 5.41) is 4.57. The summed E-state index contributed by atoms with van der Waals surface area (Å²) in [6.07, 6.45) is 6.47. The maximum atomic E-state index is 12.7. The monoisotopic (exact) mass is 334 g/mol. The topological polar surface area (TPSA) is 45.5 Å². The third-order valence-electron chi connectivity index (χ3n) is 4.89. The van der Waals surface area contributed by atoms with E-state index >= 15 is 0 Å². The lowest BCUT2D eigenvalue weighted by atomic mass is 10.0. The van der Waals surface area contributed by atoms with Crippen LogP contribution in [0, 0.1) is 5.92 Å². The Hall–Kier alpha value is -1.52. The van der Waals surface area contributed by atoms with E-state index in [1.165, 1.54) is 12.8 Å². The maximum Gasteiger partial charge on any atom is 0.257 e. The van der Waals surface area contributed by atoms with E-state index in [-0.39, 0.29) is 18.3 Å².